The van der Waals surface area contributed by atoms with Gasteiger partial charge in [-0.3, -0.25) is 4.79 Å². The molecular formula is C16H21NO2. The van der Waals surface area contributed by atoms with Crippen LogP contribution in [0.2, 0.25) is 0 Å². The first-order valence-electron chi connectivity index (χ1n) is 6.88. The third-order valence-electron chi connectivity index (χ3n) is 3.53. The highest BCUT2D eigenvalue weighted by atomic mass is 16.3. The summed E-state index contributed by atoms with van der Waals surface area (Å²) in [7, 11) is 0. The molecule has 0 unspecified atom stereocenters. The molecule has 1 aliphatic carbocycles. The van der Waals surface area contributed by atoms with E-state index in [0.717, 1.165) is 31.2 Å². The van der Waals surface area contributed by atoms with Gasteiger partial charge < -0.3 is 10.4 Å². The van der Waals surface area contributed by atoms with Crippen molar-refractivity contribution in [2.24, 2.45) is 0 Å². The Morgan fingerprint density at radius 2 is 2.16 bits per heavy atom. The van der Waals surface area contributed by atoms with Crippen LogP contribution in [0, 0.1) is 6.92 Å². The number of carbonyl (C=O) groups is 1. The molecule has 0 spiro atoms. The fraction of sp³-hybridized carbons (Fsp3) is 0.438. The summed E-state index contributed by atoms with van der Waals surface area (Å²) in [6, 6.07) is 7.89. The van der Waals surface area contributed by atoms with E-state index in [2.05, 4.69) is 5.32 Å². The minimum Gasteiger partial charge on any atom is -0.391 e. The highest BCUT2D eigenvalue weighted by Crippen LogP contribution is 2.18. The molecule has 102 valence electrons. The average molecular weight is 259 g/mol. The van der Waals surface area contributed by atoms with Gasteiger partial charge in [-0.25, -0.2) is 0 Å². The lowest BCUT2D eigenvalue weighted by Gasteiger charge is -2.27. The second kappa shape index (κ2) is 6.53. The zero-order valence-electron chi connectivity index (χ0n) is 11.3. The first-order chi connectivity index (χ1) is 9.15. The second-order valence-electron chi connectivity index (χ2n) is 5.21. The molecule has 0 aromatic heterocycles. The molecule has 1 aromatic carbocycles. The van der Waals surface area contributed by atoms with Gasteiger partial charge in [-0.15, -0.1) is 0 Å². The van der Waals surface area contributed by atoms with Crippen LogP contribution >= 0.6 is 0 Å². The predicted octanol–water partition coefficient (Wildman–Crippen LogP) is 2.43. The van der Waals surface area contributed by atoms with E-state index in [1.165, 1.54) is 11.6 Å². The highest BCUT2D eigenvalue weighted by Gasteiger charge is 2.23. The maximum atomic E-state index is 11.8. The summed E-state index contributed by atoms with van der Waals surface area (Å²) in [5.41, 5.74) is 2.18. The number of hydrogen-bond donors (Lipinski definition) is 2. The fourth-order valence-corrected chi connectivity index (χ4v) is 2.46. The predicted molar refractivity (Wildman–Crippen MR) is 76.6 cm³/mol. The molecule has 0 bridgehead atoms. The van der Waals surface area contributed by atoms with Gasteiger partial charge in [0.05, 0.1) is 12.1 Å². The van der Waals surface area contributed by atoms with E-state index < -0.39 is 6.10 Å². The Morgan fingerprint density at radius 3 is 2.89 bits per heavy atom. The van der Waals surface area contributed by atoms with Crippen molar-refractivity contribution in [1.29, 1.82) is 0 Å². The van der Waals surface area contributed by atoms with Gasteiger partial charge in [0.2, 0.25) is 5.91 Å². The van der Waals surface area contributed by atoms with Crippen LogP contribution in [0.25, 0.3) is 6.08 Å². The van der Waals surface area contributed by atoms with Crippen molar-refractivity contribution in [3.8, 4) is 0 Å². The molecule has 19 heavy (non-hydrogen) atoms. The molecule has 0 saturated heterocycles. The Bertz CT molecular complexity index is 468. The molecule has 1 amide bonds. The quantitative estimate of drug-likeness (QED) is 0.819. The maximum Gasteiger partial charge on any atom is 0.244 e. The van der Waals surface area contributed by atoms with Crippen LogP contribution in [0.15, 0.2) is 30.3 Å². The summed E-state index contributed by atoms with van der Waals surface area (Å²) in [5, 5.41) is 12.7. The van der Waals surface area contributed by atoms with Crippen molar-refractivity contribution in [2.45, 2.75) is 44.8 Å². The monoisotopic (exact) mass is 259 g/mol. The molecule has 2 atom stereocenters. The summed E-state index contributed by atoms with van der Waals surface area (Å²) in [6.45, 7) is 2.02. The molecule has 2 rings (SSSR count). The van der Waals surface area contributed by atoms with Gasteiger partial charge in [-0.1, -0.05) is 42.7 Å². The van der Waals surface area contributed by atoms with Crippen molar-refractivity contribution in [1.82, 2.24) is 5.32 Å². The van der Waals surface area contributed by atoms with Crippen LogP contribution in [0.5, 0.6) is 0 Å². The first kappa shape index (κ1) is 13.8. The number of aliphatic hydroxyl groups excluding tert-OH is 1. The van der Waals surface area contributed by atoms with Crippen molar-refractivity contribution in [2.75, 3.05) is 0 Å². The van der Waals surface area contributed by atoms with E-state index in [9.17, 15) is 9.90 Å². The Morgan fingerprint density at radius 1 is 1.37 bits per heavy atom. The van der Waals surface area contributed by atoms with Gasteiger partial charge >= 0.3 is 0 Å². The third kappa shape index (κ3) is 4.21. The van der Waals surface area contributed by atoms with Gasteiger partial charge in [0.1, 0.15) is 0 Å². The summed E-state index contributed by atoms with van der Waals surface area (Å²) >= 11 is 0. The van der Waals surface area contributed by atoms with Crippen LogP contribution in [-0.2, 0) is 4.79 Å². The minimum atomic E-state index is -0.398. The number of rotatable bonds is 3. The summed E-state index contributed by atoms with van der Waals surface area (Å²) in [5.74, 6) is -0.132. The first-order valence-corrected chi connectivity index (χ1v) is 6.88. The minimum absolute atomic E-state index is 0.0941. The third-order valence-corrected chi connectivity index (χ3v) is 3.53. The normalized spacial score (nSPS) is 23.5. The molecule has 1 aliphatic rings. The van der Waals surface area contributed by atoms with Gasteiger partial charge in [-0.2, -0.15) is 0 Å². The van der Waals surface area contributed by atoms with Gasteiger partial charge in [-0.05, 0) is 31.4 Å². The number of amides is 1. The number of benzene rings is 1. The number of aryl methyl sites for hydroxylation is 1. The zero-order valence-corrected chi connectivity index (χ0v) is 11.3. The van der Waals surface area contributed by atoms with Gasteiger partial charge in [0.25, 0.3) is 0 Å². The lowest BCUT2D eigenvalue weighted by molar-refractivity contribution is -0.118. The van der Waals surface area contributed by atoms with Crippen LogP contribution in [-0.4, -0.2) is 23.2 Å². The highest BCUT2D eigenvalue weighted by molar-refractivity contribution is 5.91. The smallest absolute Gasteiger partial charge is 0.244 e. The Kier molecular flexibility index (Phi) is 4.74. The van der Waals surface area contributed by atoms with Gasteiger partial charge in [0, 0.05) is 6.08 Å². The molecule has 0 heterocycles. The molecule has 2 N–H and O–H groups in total. The Balaban J connectivity index is 1.90. The molecule has 1 saturated carbocycles. The molecule has 0 radical (unpaired) electrons. The van der Waals surface area contributed by atoms with Crippen molar-refractivity contribution in [3.05, 3.63) is 41.5 Å². The lowest BCUT2D eigenvalue weighted by atomic mass is 9.92. The molecule has 3 nitrogen and oxygen atoms in total. The molecule has 0 aliphatic heterocycles. The Hall–Kier alpha value is -1.61. The summed E-state index contributed by atoms with van der Waals surface area (Å²) < 4.78 is 0. The molecule has 1 fully saturated rings. The number of carbonyl (C=O) groups excluding carboxylic acids is 1. The van der Waals surface area contributed by atoms with Crippen LogP contribution in [0.1, 0.15) is 36.8 Å². The maximum absolute atomic E-state index is 11.8. The number of aliphatic hydroxyl groups is 1. The summed E-state index contributed by atoms with van der Waals surface area (Å²) in [4.78, 5) is 11.8. The molecular weight excluding hydrogens is 238 g/mol. The summed E-state index contributed by atoms with van der Waals surface area (Å²) in [6.07, 6.45) is 6.71. The van der Waals surface area contributed by atoms with Crippen molar-refractivity contribution >= 4 is 12.0 Å². The average Bonchev–Trinajstić information content (AvgIpc) is 2.39. The van der Waals surface area contributed by atoms with E-state index >= 15 is 0 Å². The Labute approximate surface area is 114 Å². The number of nitrogens with one attached hydrogen (secondary N) is 1. The van der Waals surface area contributed by atoms with E-state index in [0.29, 0.717) is 0 Å². The SMILES string of the molecule is Cc1cccc(/C=C/C(=O)N[C@H]2CCCC[C@@H]2O)c1. The largest absolute Gasteiger partial charge is 0.391 e. The van der Waals surface area contributed by atoms with Crippen molar-refractivity contribution in [3.63, 3.8) is 0 Å². The van der Waals surface area contributed by atoms with E-state index in [4.69, 9.17) is 0 Å². The van der Waals surface area contributed by atoms with E-state index in [-0.39, 0.29) is 11.9 Å². The zero-order chi connectivity index (χ0) is 13.7. The van der Waals surface area contributed by atoms with E-state index in [1.807, 2.05) is 31.2 Å². The second-order valence-corrected chi connectivity index (χ2v) is 5.21. The van der Waals surface area contributed by atoms with Crippen LogP contribution in [0.3, 0.4) is 0 Å². The van der Waals surface area contributed by atoms with Crippen LogP contribution < -0.4 is 5.32 Å². The standard InChI is InChI=1S/C16H21NO2/c1-12-5-4-6-13(11-12)9-10-16(19)17-14-7-2-3-8-15(14)18/h4-6,9-11,14-15,18H,2-3,7-8H2,1H3,(H,17,19)/b10-9+/t14-,15-/m0/s1. The molecule has 1 aromatic rings. The number of hydrogen-bond acceptors (Lipinski definition) is 2. The fourth-order valence-electron chi connectivity index (χ4n) is 2.46. The molecule has 3 heteroatoms. The van der Waals surface area contributed by atoms with E-state index in [1.54, 1.807) is 6.08 Å². The van der Waals surface area contributed by atoms with Crippen LogP contribution in [0.4, 0.5) is 0 Å². The van der Waals surface area contributed by atoms with Gasteiger partial charge in [0.15, 0.2) is 0 Å². The topological polar surface area (TPSA) is 49.3 Å². The lowest BCUT2D eigenvalue weighted by Crippen LogP contribution is -2.44. The van der Waals surface area contributed by atoms with Crippen molar-refractivity contribution < 1.29 is 9.90 Å².